The van der Waals surface area contributed by atoms with Crippen molar-refractivity contribution >= 4 is 26.8 Å². The van der Waals surface area contributed by atoms with Gasteiger partial charge in [-0.15, -0.1) is 0 Å². The minimum atomic E-state index is -3.32. The number of hydrogen-bond acceptors (Lipinski definition) is 4. The molecule has 24 heavy (non-hydrogen) atoms. The van der Waals surface area contributed by atoms with Gasteiger partial charge in [-0.05, 0) is 37.6 Å². The average Bonchev–Trinajstić information content (AvgIpc) is 2.98. The lowest BCUT2D eigenvalue weighted by molar-refractivity contribution is 0.0699. The molecular weight excluding hydrogens is 328 g/mol. The van der Waals surface area contributed by atoms with Crippen molar-refractivity contribution in [3.05, 3.63) is 48.3 Å². The van der Waals surface area contributed by atoms with E-state index in [2.05, 4.69) is 9.97 Å². The van der Waals surface area contributed by atoms with E-state index in [1.807, 2.05) is 0 Å². The van der Waals surface area contributed by atoms with Crippen molar-refractivity contribution in [3.8, 4) is 11.1 Å². The highest BCUT2D eigenvalue weighted by Crippen LogP contribution is 2.26. The molecule has 0 aliphatic carbocycles. The molecule has 6 nitrogen and oxygen atoms in total. The molecule has 0 saturated heterocycles. The fourth-order valence-corrected chi connectivity index (χ4v) is 3.51. The van der Waals surface area contributed by atoms with Crippen molar-refractivity contribution < 1.29 is 18.3 Å². The Morgan fingerprint density at radius 3 is 2.42 bits per heavy atom. The van der Waals surface area contributed by atoms with Crippen LogP contribution in [0.25, 0.3) is 22.2 Å². The van der Waals surface area contributed by atoms with Gasteiger partial charge in [0.05, 0.1) is 15.7 Å². The lowest BCUT2D eigenvalue weighted by Gasteiger charge is -2.09. The highest BCUT2D eigenvalue weighted by atomic mass is 32.2. The number of hydrogen-bond donors (Lipinski definition) is 2. The summed E-state index contributed by atoms with van der Waals surface area (Å²) in [5, 5.41) is 9.22. The first-order chi connectivity index (χ1) is 11.3. The van der Waals surface area contributed by atoms with E-state index in [0.717, 1.165) is 11.1 Å². The first-order valence-electron chi connectivity index (χ1n) is 7.35. The Balaban J connectivity index is 2.05. The molecule has 7 heteroatoms. The Kier molecular flexibility index (Phi) is 3.88. The van der Waals surface area contributed by atoms with E-state index < -0.39 is 21.1 Å². The zero-order chi connectivity index (χ0) is 17.5. The van der Waals surface area contributed by atoms with Gasteiger partial charge >= 0.3 is 5.97 Å². The SMILES string of the molecule is CC(C)S(=O)(=O)c1ccc(-c2cnc3[nH]cc(C(=O)O)c3c2)cc1. The number of benzene rings is 1. The molecule has 0 radical (unpaired) electrons. The standard InChI is InChI=1S/C17H16N2O4S/c1-10(2)24(22,23)13-5-3-11(4-6-13)12-7-14-15(17(20)21)9-19-16(14)18-8-12/h3-10H,1-2H3,(H,18,19)(H,20,21). The van der Waals surface area contributed by atoms with E-state index >= 15 is 0 Å². The molecule has 0 spiro atoms. The monoisotopic (exact) mass is 344 g/mol. The average molecular weight is 344 g/mol. The van der Waals surface area contributed by atoms with Crippen LogP contribution in [0, 0.1) is 0 Å². The second kappa shape index (κ2) is 5.76. The van der Waals surface area contributed by atoms with Crippen LogP contribution in [0.5, 0.6) is 0 Å². The maximum atomic E-state index is 12.2. The molecule has 124 valence electrons. The van der Waals surface area contributed by atoms with E-state index in [1.165, 1.54) is 6.20 Å². The number of carbonyl (C=O) groups is 1. The molecule has 0 bridgehead atoms. The van der Waals surface area contributed by atoms with E-state index in [9.17, 15) is 18.3 Å². The van der Waals surface area contributed by atoms with Gasteiger partial charge in [0, 0.05) is 23.3 Å². The fourth-order valence-electron chi connectivity index (χ4n) is 2.45. The molecular formula is C17H16N2O4S. The second-order valence-electron chi connectivity index (χ2n) is 5.75. The molecule has 2 N–H and O–H groups in total. The van der Waals surface area contributed by atoms with Crippen LogP contribution in [0.2, 0.25) is 0 Å². The number of aromatic nitrogens is 2. The number of carboxylic acids is 1. The van der Waals surface area contributed by atoms with E-state index in [4.69, 9.17) is 0 Å². The van der Waals surface area contributed by atoms with Gasteiger partial charge < -0.3 is 10.1 Å². The minimum absolute atomic E-state index is 0.151. The molecule has 0 aliphatic heterocycles. The van der Waals surface area contributed by atoms with E-state index in [0.29, 0.717) is 11.0 Å². The molecule has 0 saturated carbocycles. The number of carboxylic acid groups (broad SMARTS) is 1. The Bertz CT molecular complexity index is 1020. The molecule has 0 atom stereocenters. The lowest BCUT2D eigenvalue weighted by atomic mass is 10.1. The maximum Gasteiger partial charge on any atom is 0.337 e. The van der Waals surface area contributed by atoms with Crippen molar-refractivity contribution in [2.75, 3.05) is 0 Å². The Morgan fingerprint density at radius 2 is 1.83 bits per heavy atom. The number of nitrogens with zero attached hydrogens (tertiary/aromatic N) is 1. The highest BCUT2D eigenvalue weighted by Gasteiger charge is 2.19. The summed E-state index contributed by atoms with van der Waals surface area (Å²) in [6.07, 6.45) is 3.03. The van der Waals surface area contributed by atoms with Crippen LogP contribution < -0.4 is 0 Å². The zero-order valence-corrected chi connectivity index (χ0v) is 14.0. The van der Waals surface area contributed by atoms with Gasteiger partial charge in [-0.3, -0.25) is 0 Å². The molecule has 3 aromatic rings. The second-order valence-corrected chi connectivity index (χ2v) is 8.25. The summed E-state index contributed by atoms with van der Waals surface area (Å²) in [6.45, 7) is 3.28. The van der Waals surface area contributed by atoms with E-state index in [-0.39, 0.29) is 10.5 Å². The van der Waals surface area contributed by atoms with Gasteiger partial charge in [-0.2, -0.15) is 0 Å². The summed E-state index contributed by atoms with van der Waals surface area (Å²) >= 11 is 0. The van der Waals surface area contributed by atoms with Crippen LogP contribution in [0.4, 0.5) is 0 Å². The zero-order valence-electron chi connectivity index (χ0n) is 13.1. The summed E-state index contributed by atoms with van der Waals surface area (Å²) in [4.78, 5) is 18.5. The van der Waals surface area contributed by atoms with Crippen molar-refractivity contribution in [3.63, 3.8) is 0 Å². The summed E-state index contributed by atoms with van der Waals surface area (Å²) in [7, 11) is -3.32. The van der Waals surface area contributed by atoms with Crippen molar-refractivity contribution in [2.45, 2.75) is 24.0 Å². The van der Waals surface area contributed by atoms with Crippen LogP contribution in [0.3, 0.4) is 0 Å². The molecule has 3 rings (SSSR count). The number of H-pyrrole nitrogens is 1. The summed E-state index contributed by atoms with van der Waals surface area (Å²) in [5.74, 6) is -1.03. The largest absolute Gasteiger partial charge is 0.478 e. The third-order valence-corrected chi connectivity index (χ3v) is 6.07. The maximum absolute atomic E-state index is 12.2. The van der Waals surface area contributed by atoms with Crippen molar-refractivity contribution in [1.82, 2.24) is 9.97 Å². The van der Waals surface area contributed by atoms with E-state index in [1.54, 1.807) is 50.4 Å². The number of nitrogens with one attached hydrogen (secondary N) is 1. The molecule has 0 unspecified atom stereocenters. The van der Waals surface area contributed by atoms with Crippen LogP contribution >= 0.6 is 0 Å². The first kappa shape index (κ1) is 16.2. The quantitative estimate of drug-likeness (QED) is 0.757. The summed E-state index contributed by atoms with van der Waals surface area (Å²) < 4.78 is 24.3. The number of aromatic amines is 1. The molecule has 0 aliphatic rings. The minimum Gasteiger partial charge on any atom is -0.478 e. The Morgan fingerprint density at radius 1 is 1.17 bits per heavy atom. The first-order valence-corrected chi connectivity index (χ1v) is 8.90. The third kappa shape index (κ3) is 2.67. The highest BCUT2D eigenvalue weighted by molar-refractivity contribution is 7.92. The molecule has 0 amide bonds. The Hall–Kier alpha value is -2.67. The van der Waals surface area contributed by atoms with Crippen LogP contribution in [0.1, 0.15) is 24.2 Å². The third-order valence-electron chi connectivity index (χ3n) is 3.90. The van der Waals surface area contributed by atoms with Gasteiger partial charge in [-0.25, -0.2) is 18.2 Å². The number of pyridine rings is 1. The molecule has 2 aromatic heterocycles. The van der Waals surface area contributed by atoms with Gasteiger partial charge in [0.1, 0.15) is 5.65 Å². The normalized spacial score (nSPS) is 12.0. The van der Waals surface area contributed by atoms with Crippen LogP contribution in [0.15, 0.2) is 47.6 Å². The number of sulfone groups is 1. The summed E-state index contributed by atoms with van der Waals surface area (Å²) in [5.41, 5.74) is 2.14. The number of fused-ring (bicyclic) bond motifs is 1. The molecule has 1 aromatic carbocycles. The van der Waals surface area contributed by atoms with Crippen molar-refractivity contribution in [2.24, 2.45) is 0 Å². The van der Waals surface area contributed by atoms with Gasteiger partial charge in [0.15, 0.2) is 9.84 Å². The molecule has 2 heterocycles. The van der Waals surface area contributed by atoms with Gasteiger partial charge in [-0.1, -0.05) is 12.1 Å². The molecule has 0 fully saturated rings. The Labute approximate surface area is 139 Å². The lowest BCUT2D eigenvalue weighted by Crippen LogP contribution is -2.13. The predicted molar refractivity (Wildman–Crippen MR) is 90.8 cm³/mol. The fraction of sp³-hybridized carbons (Fsp3) is 0.176. The van der Waals surface area contributed by atoms with Crippen LogP contribution in [-0.2, 0) is 9.84 Å². The smallest absolute Gasteiger partial charge is 0.337 e. The summed E-state index contributed by atoms with van der Waals surface area (Å²) in [6, 6.07) is 8.25. The van der Waals surface area contributed by atoms with Gasteiger partial charge in [0.25, 0.3) is 0 Å². The van der Waals surface area contributed by atoms with Crippen molar-refractivity contribution in [1.29, 1.82) is 0 Å². The number of rotatable bonds is 4. The predicted octanol–water partition coefficient (Wildman–Crippen LogP) is 3.11. The number of aromatic carboxylic acids is 1. The van der Waals surface area contributed by atoms with Crippen LogP contribution in [-0.4, -0.2) is 34.7 Å². The van der Waals surface area contributed by atoms with Gasteiger partial charge in [0.2, 0.25) is 0 Å². The topological polar surface area (TPSA) is 100 Å².